The van der Waals surface area contributed by atoms with Crippen molar-refractivity contribution in [1.29, 1.82) is 0 Å². The second kappa shape index (κ2) is 7.14. The molecule has 2 heterocycles. The van der Waals surface area contributed by atoms with Crippen molar-refractivity contribution in [2.75, 3.05) is 0 Å². The van der Waals surface area contributed by atoms with Gasteiger partial charge in [-0.05, 0) is 71.8 Å². The topological polar surface area (TPSA) is 105 Å². The standard InChI is InChI=1S/C27H18N2O6/c1-15-11-23-21-7-5-19(28(30)31)13-17(21)3-9-25(23)34-27(15)16(2)12-24-22-8-6-20(29(32)33)14-18(22)4-10-26(24)35-27/h3-14H,1-2H3. The summed E-state index contributed by atoms with van der Waals surface area (Å²) in [5.74, 6) is 0.0947. The maximum atomic E-state index is 11.2. The number of benzene rings is 4. The third-order valence-corrected chi connectivity index (χ3v) is 6.70. The van der Waals surface area contributed by atoms with Gasteiger partial charge in [0.2, 0.25) is 0 Å². The molecule has 0 N–H and O–H groups in total. The molecule has 35 heavy (non-hydrogen) atoms. The van der Waals surface area contributed by atoms with Crippen molar-refractivity contribution in [3.05, 3.63) is 103 Å². The molecule has 4 aromatic carbocycles. The number of rotatable bonds is 2. The Bertz CT molecular complexity index is 1560. The van der Waals surface area contributed by atoms with Crippen LogP contribution in [0.2, 0.25) is 0 Å². The molecule has 0 radical (unpaired) electrons. The van der Waals surface area contributed by atoms with E-state index >= 15 is 0 Å². The van der Waals surface area contributed by atoms with Gasteiger partial charge in [0, 0.05) is 46.5 Å². The highest BCUT2D eigenvalue weighted by Gasteiger charge is 2.45. The lowest BCUT2D eigenvalue weighted by Gasteiger charge is -2.42. The van der Waals surface area contributed by atoms with Crippen LogP contribution >= 0.6 is 0 Å². The fourth-order valence-electron chi connectivity index (χ4n) is 4.93. The Morgan fingerprint density at radius 1 is 0.657 bits per heavy atom. The molecule has 0 aliphatic carbocycles. The molecular weight excluding hydrogens is 448 g/mol. The second-order valence-corrected chi connectivity index (χ2v) is 8.76. The molecule has 0 fully saturated rings. The maximum absolute atomic E-state index is 11.2. The Hall–Kier alpha value is -4.72. The van der Waals surface area contributed by atoms with E-state index in [1.807, 2.05) is 26.0 Å². The van der Waals surface area contributed by atoms with Crippen molar-refractivity contribution in [3.63, 3.8) is 0 Å². The van der Waals surface area contributed by atoms with E-state index < -0.39 is 15.6 Å². The summed E-state index contributed by atoms with van der Waals surface area (Å²) < 4.78 is 13.0. The van der Waals surface area contributed by atoms with Crippen LogP contribution in [0, 0.1) is 20.2 Å². The first-order valence-corrected chi connectivity index (χ1v) is 10.9. The van der Waals surface area contributed by atoms with E-state index in [0.717, 1.165) is 43.8 Å². The number of fused-ring (bicyclic) bond motifs is 6. The van der Waals surface area contributed by atoms with Gasteiger partial charge in [0.1, 0.15) is 11.5 Å². The Kier molecular flexibility index (Phi) is 4.25. The summed E-state index contributed by atoms with van der Waals surface area (Å²) in [4.78, 5) is 21.5. The van der Waals surface area contributed by atoms with Gasteiger partial charge in [-0.25, -0.2) is 0 Å². The first-order valence-electron chi connectivity index (χ1n) is 10.9. The van der Waals surface area contributed by atoms with Crippen molar-refractivity contribution in [2.45, 2.75) is 19.6 Å². The predicted octanol–water partition coefficient (Wildman–Crippen LogP) is 6.80. The Balaban J connectivity index is 1.46. The highest BCUT2D eigenvalue weighted by atomic mass is 16.7. The monoisotopic (exact) mass is 466 g/mol. The van der Waals surface area contributed by atoms with Gasteiger partial charge in [-0.15, -0.1) is 0 Å². The van der Waals surface area contributed by atoms with Crippen LogP contribution in [-0.2, 0) is 0 Å². The number of nitro groups is 2. The van der Waals surface area contributed by atoms with Gasteiger partial charge in [-0.2, -0.15) is 0 Å². The summed E-state index contributed by atoms with van der Waals surface area (Å²) in [5, 5.41) is 25.6. The van der Waals surface area contributed by atoms with Gasteiger partial charge < -0.3 is 9.47 Å². The molecule has 4 aromatic rings. The Morgan fingerprint density at radius 2 is 1.09 bits per heavy atom. The van der Waals surface area contributed by atoms with Crippen LogP contribution in [0.5, 0.6) is 11.5 Å². The molecule has 1 spiro atoms. The number of non-ortho nitro benzene ring substituents is 2. The molecule has 0 unspecified atom stereocenters. The average Bonchev–Trinajstić information content (AvgIpc) is 2.84. The summed E-state index contributed by atoms with van der Waals surface area (Å²) in [6.07, 6.45) is 4.00. The normalized spacial score (nSPS) is 15.5. The molecule has 8 nitrogen and oxygen atoms in total. The van der Waals surface area contributed by atoms with E-state index in [0.29, 0.717) is 11.5 Å². The molecule has 6 rings (SSSR count). The summed E-state index contributed by atoms with van der Waals surface area (Å²) in [6.45, 7) is 3.86. The third-order valence-electron chi connectivity index (χ3n) is 6.70. The lowest BCUT2D eigenvalue weighted by molar-refractivity contribution is -0.384. The number of nitro benzene ring substituents is 2. The van der Waals surface area contributed by atoms with E-state index in [1.54, 1.807) is 48.5 Å². The molecule has 0 bridgehead atoms. The van der Waals surface area contributed by atoms with Crippen molar-refractivity contribution < 1.29 is 19.3 Å². The fourth-order valence-corrected chi connectivity index (χ4v) is 4.93. The van der Waals surface area contributed by atoms with Crippen molar-refractivity contribution in [2.24, 2.45) is 0 Å². The van der Waals surface area contributed by atoms with Crippen molar-refractivity contribution in [3.8, 4) is 11.5 Å². The van der Waals surface area contributed by atoms with E-state index in [9.17, 15) is 20.2 Å². The Labute approximate surface area is 199 Å². The maximum Gasteiger partial charge on any atom is 0.297 e. The van der Waals surface area contributed by atoms with Gasteiger partial charge in [0.05, 0.1) is 9.85 Å². The van der Waals surface area contributed by atoms with Crippen LogP contribution in [0.25, 0.3) is 33.7 Å². The van der Waals surface area contributed by atoms with Crippen LogP contribution in [0.3, 0.4) is 0 Å². The minimum atomic E-state index is -1.14. The lowest BCUT2D eigenvalue weighted by atomic mass is 9.88. The molecule has 0 aromatic heterocycles. The summed E-state index contributed by atoms with van der Waals surface area (Å²) in [6, 6.07) is 16.8. The zero-order valence-corrected chi connectivity index (χ0v) is 18.8. The van der Waals surface area contributed by atoms with Gasteiger partial charge >= 0.3 is 0 Å². The second-order valence-electron chi connectivity index (χ2n) is 8.76. The molecule has 8 heteroatoms. The average molecular weight is 466 g/mol. The largest absolute Gasteiger partial charge is 0.444 e. The SMILES string of the molecule is CC1=Cc2c(ccc3cc([N+](=O)[O-])ccc23)OC12Oc1ccc3cc([N+](=O)[O-])ccc3c1C=C2C. The highest BCUT2D eigenvalue weighted by Crippen LogP contribution is 2.48. The first-order chi connectivity index (χ1) is 16.8. The number of ether oxygens (including phenoxy) is 2. The van der Waals surface area contributed by atoms with Crippen molar-refractivity contribution in [1.82, 2.24) is 0 Å². The minimum Gasteiger partial charge on any atom is -0.444 e. The van der Waals surface area contributed by atoms with Crippen LogP contribution in [0.1, 0.15) is 25.0 Å². The smallest absolute Gasteiger partial charge is 0.297 e. The van der Waals surface area contributed by atoms with E-state index in [4.69, 9.17) is 9.47 Å². The summed E-state index contributed by atoms with van der Waals surface area (Å²) >= 11 is 0. The van der Waals surface area contributed by atoms with Gasteiger partial charge in [-0.3, -0.25) is 20.2 Å². The fraction of sp³-hybridized carbons (Fsp3) is 0.111. The molecule has 0 atom stereocenters. The van der Waals surface area contributed by atoms with Crippen LogP contribution in [-0.4, -0.2) is 15.6 Å². The van der Waals surface area contributed by atoms with Gasteiger partial charge in [-0.1, -0.05) is 12.1 Å². The molecule has 2 aliphatic heterocycles. The van der Waals surface area contributed by atoms with Crippen LogP contribution < -0.4 is 9.47 Å². The van der Waals surface area contributed by atoms with Crippen LogP contribution in [0.15, 0.2) is 71.8 Å². The number of nitrogens with zero attached hydrogens (tertiary/aromatic N) is 2. The molecule has 0 amide bonds. The Morgan fingerprint density at radius 3 is 1.49 bits per heavy atom. The third kappa shape index (κ3) is 3.00. The summed E-state index contributed by atoms with van der Waals surface area (Å²) in [5.41, 5.74) is 3.42. The predicted molar refractivity (Wildman–Crippen MR) is 132 cm³/mol. The highest BCUT2D eigenvalue weighted by molar-refractivity contribution is 5.97. The molecule has 2 aliphatic rings. The zero-order valence-electron chi connectivity index (χ0n) is 18.8. The number of hydrogen-bond acceptors (Lipinski definition) is 6. The summed E-state index contributed by atoms with van der Waals surface area (Å²) in [7, 11) is 0. The number of hydrogen-bond donors (Lipinski definition) is 0. The quantitative estimate of drug-likeness (QED) is 0.238. The molecule has 172 valence electrons. The molecule has 0 saturated carbocycles. The van der Waals surface area contributed by atoms with E-state index in [-0.39, 0.29) is 11.4 Å². The van der Waals surface area contributed by atoms with Crippen molar-refractivity contribution >= 4 is 45.1 Å². The molecular formula is C27H18N2O6. The zero-order chi connectivity index (χ0) is 24.5. The first kappa shape index (κ1) is 20.9. The van der Waals surface area contributed by atoms with Gasteiger partial charge in [0.25, 0.3) is 17.2 Å². The minimum absolute atomic E-state index is 0.0370. The van der Waals surface area contributed by atoms with E-state index in [1.165, 1.54) is 12.1 Å². The molecule has 0 saturated heterocycles. The van der Waals surface area contributed by atoms with E-state index in [2.05, 4.69) is 0 Å². The van der Waals surface area contributed by atoms with Crippen LogP contribution in [0.4, 0.5) is 11.4 Å². The lowest BCUT2D eigenvalue weighted by Crippen LogP contribution is -2.47. The van der Waals surface area contributed by atoms with Gasteiger partial charge in [0.15, 0.2) is 0 Å².